The summed E-state index contributed by atoms with van der Waals surface area (Å²) in [4.78, 5) is 28.1. The first-order valence-electron chi connectivity index (χ1n) is 9.53. The molecule has 0 aromatic heterocycles. The van der Waals surface area contributed by atoms with Gasteiger partial charge in [-0.05, 0) is 42.3 Å². The van der Waals surface area contributed by atoms with Crippen molar-refractivity contribution in [1.29, 1.82) is 0 Å². The van der Waals surface area contributed by atoms with Gasteiger partial charge in [0, 0.05) is 16.7 Å². The predicted octanol–water partition coefficient (Wildman–Crippen LogP) is 4.74. The van der Waals surface area contributed by atoms with E-state index < -0.39 is 0 Å². The van der Waals surface area contributed by atoms with Gasteiger partial charge in [0.2, 0.25) is 0 Å². The SMILES string of the molecule is COc1cccc(/C=C2\C(=O)N(c3ccccc3C)C(=O)c3ccccc32)c1OC. The smallest absolute Gasteiger partial charge is 0.265 e. The average molecular weight is 399 g/mol. The highest BCUT2D eigenvalue weighted by atomic mass is 16.5. The van der Waals surface area contributed by atoms with E-state index in [1.807, 2.05) is 43.3 Å². The van der Waals surface area contributed by atoms with Crippen LogP contribution in [0.15, 0.2) is 66.7 Å². The number of para-hydroxylation sites is 2. The number of amides is 2. The molecule has 3 aromatic rings. The topological polar surface area (TPSA) is 55.8 Å². The zero-order valence-electron chi connectivity index (χ0n) is 17.0. The van der Waals surface area contributed by atoms with Crippen molar-refractivity contribution in [2.75, 3.05) is 19.1 Å². The molecule has 0 atom stereocenters. The van der Waals surface area contributed by atoms with E-state index in [0.717, 1.165) is 5.56 Å². The van der Waals surface area contributed by atoms with Gasteiger partial charge in [-0.25, -0.2) is 4.90 Å². The van der Waals surface area contributed by atoms with Crippen molar-refractivity contribution in [2.24, 2.45) is 0 Å². The first-order chi connectivity index (χ1) is 14.6. The van der Waals surface area contributed by atoms with E-state index in [1.54, 1.807) is 50.6 Å². The van der Waals surface area contributed by atoms with Crippen LogP contribution in [0.25, 0.3) is 11.6 Å². The van der Waals surface area contributed by atoms with Gasteiger partial charge < -0.3 is 9.47 Å². The minimum Gasteiger partial charge on any atom is -0.493 e. The lowest BCUT2D eigenvalue weighted by atomic mass is 9.91. The fourth-order valence-corrected chi connectivity index (χ4v) is 3.71. The van der Waals surface area contributed by atoms with Crippen molar-refractivity contribution in [2.45, 2.75) is 6.92 Å². The Morgan fingerprint density at radius 3 is 2.17 bits per heavy atom. The Kier molecular flexibility index (Phi) is 5.11. The third kappa shape index (κ3) is 3.14. The highest BCUT2D eigenvalue weighted by Crippen LogP contribution is 2.37. The Labute approximate surface area is 175 Å². The van der Waals surface area contributed by atoms with Crippen LogP contribution in [0.5, 0.6) is 11.5 Å². The number of benzene rings is 3. The number of ether oxygens (including phenoxy) is 2. The lowest BCUT2D eigenvalue weighted by molar-refractivity contribution is -0.112. The fraction of sp³-hybridized carbons (Fsp3) is 0.120. The quantitative estimate of drug-likeness (QED) is 0.470. The molecular weight excluding hydrogens is 378 g/mol. The fourth-order valence-electron chi connectivity index (χ4n) is 3.71. The average Bonchev–Trinajstić information content (AvgIpc) is 2.77. The summed E-state index contributed by atoms with van der Waals surface area (Å²) in [6.45, 7) is 1.88. The zero-order valence-corrected chi connectivity index (χ0v) is 17.0. The molecule has 30 heavy (non-hydrogen) atoms. The molecule has 2 amide bonds. The normalized spacial score (nSPS) is 14.6. The van der Waals surface area contributed by atoms with E-state index in [2.05, 4.69) is 0 Å². The number of methoxy groups -OCH3 is 2. The monoisotopic (exact) mass is 399 g/mol. The second-order valence-corrected chi connectivity index (χ2v) is 6.92. The van der Waals surface area contributed by atoms with E-state index in [9.17, 15) is 9.59 Å². The second-order valence-electron chi connectivity index (χ2n) is 6.92. The molecule has 0 aliphatic carbocycles. The Hall–Kier alpha value is -3.86. The van der Waals surface area contributed by atoms with E-state index in [-0.39, 0.29) is 11.8 Å². The van der Waals surface area contributed by atoms with Crippen LogP contribution in [-0.4, -0.2) is 26.0 Å². The van der Waals surface area contributed by atoms with Crippen LogP contribution in [0, 0.1) is 6.92 Å². The molecule has 1 aliphatic heterocycles. The van der Waals surface area contributed by atoms with Crippen molar-refractivity contribution in [1.82, 2.24) is 0 Å². The van der Waals surface area contributed by atoms with E-state index in [0.29, 0.717) is 39.4 Å². The summed E-state index contributed by atoms with van der Waals surface area (Å²) in [6.07, 6.45) is 1.75. The Balaban J connectivity index is 1.95. The summed E-state index contributed by atoms with van der Waals surface area (Å²) >= 11 is 0. The maximum Gasteiger partial charge on any atom is 0.265 e. The van der Waals surface area contributed by atoms with Crippen molar-refractivity contribution in [3.63, 3.8) is 0 Å². The van der Waals surface area contributed by atoms with Crippen molar-refractivity contribution in [3.8, 4) is 11.5 Å². The van der Waals surface area contributed by atoms with Crippen LogP contribution in [0.3, 0.4) is 0 Å². The number of anilines is 1. The van der Waals surface area contributed by atoms with Crippen LogP contribution in [-0.2, 0) is 4.79 Å². The number of hydrogen-bond acceptors (Lipinski definition) is 4. The zero-order chi connectivity index (χ0) is 21.3. The van der Waals surface area contributed by atoms with Crippen LogP contribution in [0.4, 0.5) is 5.69 Å². The molecule has 0 saturated carbocycles. The largest absolute Gasteiger partial charge is 0.493 e. The number of nitrogens with zero attached hydrogens (tertiary/aromatic N) is 1. The van der Waals surface area contributed by atoms with Gasteiger partial charge in [-0.3, -0.25) is 9.59 Å². The molecule has 0 N–H and O–H groups in total. The van der Waals surface area contributed by atoms with Gasteiger partial charge in [-0.15, -0.1) is 0 Å². The predicted molar refractivity (Wildman–Crippen MR) is 117 cm³/mol. The first-order valence-corrected chi connectivity index (χ1v) is 9.53. The molecule has 0 bridgehead atoms. The number of hydrogen-bond donors (Lipinski definition) is 0. The molecule has 4 rings (SSSR count). The molecule has 3 aromatic carbocycles. The summed E-state index contributed by atoms with van der Waals surface area (Å²) < 4.78 is 10.9. The number of carbonyl (C=O) groups is 2. The molecule has 150 valence electrons. The number of carbonyl (C=O) groups excluding carboxylic acids is 2. The number of rotatable bonds is 4. The molecule has 0 spiro atoms. The number of imide groups is 1. The molecule has 5 heteroatoms. The molecule has 0 radical (unpaired) electrons. The first kappa shape index (κ1) is 19.5. The van der Waals surface area contributed by atoms with Gasteiger partial charge >= 0.3 is 0 Å². The summed E-state index contributed by atoms with van der Waals surface area (Å²) in [6, 6.07) is 20.0. The van der Waals surface area contributed by atoms with E-state index in [1.165, 1.54) is 4.90 Å². The summed E-state index contributed by atoms with van der Waals surface area (Å²) in [5, 5.41) is 0. The molecule has 1 heterocycles. The second kappa shape index (κ2) is 7.87. The highest BCUT2D eigenvalue weighted by molar-refractivity contribution is 6.43. The Morgan fingerprint density at radius 2 is 1.47 bits per heavy atom. The summed E-state index contributed by atoms with van der Waals surface area (Å²) in [5.41, 5.74) is 3.60. The maximum absolute atomic E-state index is 13.6. The number of aryl methyl sites for hydroxylation is 1. The third-order valence-electron chi connectivity index (χ3n) is 5.17. The summed E-state index contributed by atoms with van der Waals surface area (Å²) in [5.74, 6) is 0.380. The molecule has 0 fully saturated rings. The van der Waals surface area contributed by atoms with Crippen LogP contribution in [0.2, 0.25) is 0 Å². The summed E-state index contributed by atoms with van der Waals surface area (Å²) in [7, 11) is 3.12. The van der Waals surface area contributed by atoms with Crippen molar-refractivity contribution >= 4 is 29.2 Å². The lowest BCUT2D eigenvalue weighted by Crippen LogP contribution is -2.42. The molecule has 1 aliphatic rings. The van der Waals surface area contributed by atoms with Crippen molar-refractivity contribution in [3.05, 3.63) is 89.0 Å². The van der Waals surface area contributed by atoms with E-state index in [4.69, 9.17) is 9.47 Å². The van der Waals surface area contributed by atoms with Gasteiger partial charge in [-0.2, -0.15) is 0 Å². The van der Waals surface area contributed by atoms with Crippen LogP contribution >= 0.6 is 0 Å². The maximum atomic E-state index is 13.6. The Bertz CT molecular complexity index is 1180. The van der Waals surface area contributed by atoms with Crippen molar-refractivity contribution < 1.29 is 19.1 Å². The van der Waals surface area contributed by atoms with Gasteiger partial charge in [0.1, 0.15) is 0 Å². The molecule has 0 saturated heterocycles. The third-order valence-corrected chi connectivity index (χ3v) is 5.17. The van der Waals surface area contributed by atoms with Gasteiger partial charge in [-0.1, -0.05) is 48.5 Å². The standard InChI is InChI=1S/C25H21NO4/c1-16-9-4-7-13-21(16)26-24(27)19-12-6-5-11-18(19)20(25(26)28)15-17-10-8-14-22(29-2)23(17)30-3/h4-15H,1-3H3/b20-15-. The highest BCUT2D eigenvalue weighted by Gasteiger charge is 2.36. The van der Waals surface area contributed by atoms with Crippen LogP contribution in [0.1, 0.15) is 27.0 Å². The molecular formula is C25H21NO4. The van der Waals surface area contributed by atoms with Gasteiger partial charge in [0.25, 0.3) is 11.8 Å². The van der Waals surface area contributed by atoms with Gasteiger partial charge in [0.15, 0.2) is 11.5 Å². The van der Waals surface area contributed by atoms with Gasteiger partial charge in [0.05, 0.1) is 19.9 Å². The number of fused-ring (bicyclic) bond motifs is 1. The lowest BCUT2D eigenvalue weighted by Gasteiger charge is -2.29. The van der Waals surface area contributed by atoms with Crippen LogP contribution < -0.4 is 14.4 Å². The minimum atomic E-state index is -0.377. The molecule has 0 unspecified atom stereocenters. The minimum absolute atomic E-state index is 0.334. The Morgan fingerprint density at radius 1 is 0.767 bits per heavy atom. The van der Waals surface area contributed by atoms with E-state index >= 15 is 0 Å². The molecule has 5 nitrogen and oxygen atoms in total.